The van der Waals surface area contributed by atoms with Gasteiger partial charge < -0.3 is 4.74 Å². The number of hydrogen-bond donors (Lipinski definition) is 0. The fraction of sp³-hybridized carbons (Fsp3) is 0.375. The van der Waals surface area contributed by atoms with Crippen molar-refractivity contribution in [2.45, 2.75) is 33.1 Å². The molecule has 0 spiro atoms. The van der Waals surface area contributed by atoms with Crippen molar-refractivity contribution in [3.8, 4) is 17.1 Å². The SMILES string of the molecule is CCCOc1cccc(-c2nc(Cl)c(I)c(C(C)C)n2)c1. The fourth-order valence-electron chi connectivity index (χ4n) is 1.89. The normalized spacial score (nSPS) is 11.0. The predicted molar refractivity (Wildman–Crippen MR) is 95.1 cm³/mol. The van der Waals surface area contributed by atoms with Crippen LogP contribution in [-0.4, -0.2) is 16.6 Å². The Bertz CT molecular complexity index is 632. The molecule has 0 N–H and O–H groups in total. The van der Waals surface area contributed by atoms with Gasteiger partial charge in [-0.2, -0.15) is 0 Å². The smallest absolute Gasteiger partial charge is 0.161 e. The first-order valence-electron chi connectivity index (χ1n) is 6.99. The molecule has 0 radical (unpaired) electrons. The molecule has 1 aromatic carbocycles. The van der Waals surface area contributed by atoms with Crippen LogP contribution in [0, 0.1) is 3.57 Å². The van der Waals surface area contributed by atoms with E-state index < -0.39 is 0 Å². The van der Waals surface area contributed by atoms with Gasteiger partial charge in [-0.3, -0.25) is 0 Å². The lowest BCUT2D eigenvalue weighted by molar-refractivity contribution is 0.317. The lowest BCUT2D eigenvalue weighted by Crippen LogP contribution is -2.03. The van der Waals surface area contributed by atoms with Crippen molar-refractivity contribution < 1.29 is 4.74 Å². The molecule has 0 fully saturated rings. The summed E-state index contributed by atoms with van der Waals surface area (Å²) in [6.45, 7) is 6.99. The number of aromatic nitrogens is 2. The van der Waals surface area contributed by atoms with Crippen molar-refractivity contribution in [2.24, 2.45) is 0 Å². The van der Waals surface area contributed by atoms with E-state index in [2.05, 4.69) is 53.3 Å². The van der Waals surface area contributed by atoms with Gasteiger partial charge in [0.25, 0.3) is 0 Å². The summed E-state index contributed by atoms with van der Waals surface area (Å²) >= 11 is 8.45. The molecular weight excluding hydrogens is 399 g/mol. The van der Waals surface area contributed by atoms with Crippen LogP contribution < -0.4 is 4.74 Å². The summed E-state index contributed by atoms with van der Waals surface area (Å²) in [4.78, 5) is 9.06. The summed E-state index contributed by atoms with van der Waals surface area (Å²) in [5.41, 5.74) is 1.90. The average molecular weight is 417 g/mol. The molecular formula is C16H18ClIN2O. The molecule has 0 aliphatic heterocycles. The first kappa shape index (κ1) is 16.5. The molecule has 0 saturated heterocycles. The summed E-state index contributed by atoms with van der Waals surface area (Å²) in [5.74, 6) is 1.78. The van der Waals surface area contributed by atoms with Crippen LogP contribution in [0.15, 0.2) is 24.3 Å². The van der Waals surface area contributed by atoms with Crippen LogP contribution >= 0.6 is 34.2 Å². The highest BCUT2D eigenvalue weighted by Crippen LogP contribution is 2.29. The molecule has 0 aliphatic rings. The zero-order valence-corrected chi connectivity index (χ0v) is 15.3. The minimum Gasteiger partial charge on any atom is -0.494 e. The highest BCUT2D eigenvalue weighted by Gasteiger charge is 2.14. The van der Waals surface area contributed by atoms with E-state index in [1.165, 1.54) is 0 Å². The van der Waals surface area contributed by atoms with Gasteiger partial charge in [0.15, 0.2) is 5.82 Å². The van der Waals surface area contributed by atoms with E-state index in [0.717, 1.165) is 27.0 Å². The molecule has 0 amide bonds. The van der Waals surface area contributed by atoms with Crippen molar-refractivity contribution in [3.63, 3.8) is 0 Å². The minimum atomic E-state index is 0.302. The summed E-state index contributed by atoms with van der Waals surface area (Å²) in [6, 6.07) is 7.82. The number of ether oxygens (including phenoxy) is 1. The largest absolute Gasteiger partial charge is 0.494 e. The van der Waals surface area contributed by atoms with E-state index in [-0.39, 0.29) is 0 Å². The molecule has 1 aromatic heterocycles. The second kappa shape index (κ2) is 7.40. The summed E-state index contributed by atoms with van der Waals surface area (Å²) in [6.07, 6.45) is 0.980. The number of hydrogen-bond acceptors (Lipinski definition) is 3. The Hall–Kier alpha value is -0.880. The molecule has 0 aliphatic carbocycles. The molecule has 2 rings (SSSR count). The monoisotopic (exact) mass is 416 g/mol. The maximum Gasteiger partial charge on any atom is 0.161 e. The van der Waals surface area contributed by atoms with Crippen LogP contribution in [0.1, 0.15) is 38.8 Å². The van der Waals surface area contributed by atoms with Gasteiger partial charge in [-0.25, -0.2) is 9.97 Å². The Morgan fingerprint density at radius 1 is 1.29 bits per heavy atom. The van der Waals surface area contributed by atoms with Crippen LogP contribution in [0.3, 0.4) is 0 Å². The third-order valence-electron chi connectivity index (χ3n) is 2.95. The Labute approximate surface area is 144 Å². The van der Waals surface area contributed by atoms with Crippen LogP contribution in [-0.2, 0) is 0 Å². The second-order valence-electron chi connectivity index (χ2n) is 5.07. The zero-order valence-electron chi connectivity index (χ0n) is 12.4. The highest BCUT2D eigenvalue weighted by molar-refractivity contribution is 14.1. The summed E-state index contributed by atoms with van der Waals surface area (Å²) in [7, 11) is 0. The number of halogens is 2. The fourth-order valence-corrected chi connectivity index (χ4v) is 2.93. The third kappa shape index (κ3) is 4.07. The van der Waals surface area contributed by atoms with Crippen LogP contribution in [0.4, 0.5) is 0 Å². The number of rotatable bonds is 5. The van der Waals surface area contributed by atoms with Crippen molar-refractivity contribution in [2.75, 3.05) is 6.61 Å². The maximum absolute atomic E-state index is 6.25. The Morgan fingerprint density at radius 2 is 2.05 bits per heavy atom. The Morgan fingerprint density at radius 3 is 2.71 bits per heavy atom. The van der Waals surface area contributed by atoms with Gasteiger partial charge in [0, 0.05) is 5.56 Å². The van der Waals surface area contributed by atoms with Gasteiger partial charge >= 0.3 is 0 Å². The maximum atomic E-state index is 6.25. The van der Waals surface area contributed by atoms with Crippen LogP contribution in [0.5, 0.6) is 5.75 Å². The van der Waals surface area contributed by atoms with E-state index in [1.54, 1.807) is 0 Å². The summed E-state index contributed by atoms with van der Waals surface area (Å²) in [5, 5.41) is 0.504. The highest BCUT2D eigenvalue weighted by atomic mass is 127. The van der Waals surface area contributed by atoms with E-state index in [4.69, 9.17) is 16.3 Å². The molecule has 0 unspecified atom stereocenters. The van der Waals surface area contributed by atoms with E-state index in [1.807, 2.05) is 24.3 Å². The Balaban J connectivity index is 2.42. The number of nitrogens with zero attached hydrogens (tertiary/aromatic N) is 2. The van der Waals surface area contributed by atoms with Gasteiger partial charge in [-0.1, -0.05) is 44.5 Å². The van der Waals surface area contributed by atoms with E-state index >= 15 is 0 Å². The van der Waals surface area contributed by atoms with Crippen molar-refractivity contribution in [3.05, 3.63) is 38.7 Å². The molecule has 0 atom stereocenters. The lowest BCUT2D eigenvalue weighted by atomic mass is 10.1. The molecule has 1 heterocycles. The molecule has 0 saturated carbocycles. The quantitative estimate of drug-likeness (QED) is 0.489. The molecule has 5 heteroatoms. The first-order chi connectivity index (χ1) is 10.0. The molecule has 0 bridgehead atoms. The van der Waals surface area contributed by atoms with Crippen molar-refractivity contribution in [1.29, 1.82) is 0 Å². The van der Waals surface area contributed by atoms with Crippen molar-refractivity contribution >= 4 is 34.2 Å². The van der Waals surface area contributed by atoms with Gasteiger partial charge in [0.2, 0.25) is 0 Å². The molecule has 3 nitrogen and oxygen atoms in total. The van der Waals surface area contributed by atoms with Crippen molar-refractivity contribution in [1.82, 2.24) is 9.97 Å². The average Bonchev–Trinajstić information content (AvgIpc) is 2.47. The van der Waals surface area contributed by atoms with Gasteiger partial charge in [0.05, 0.1) is 15.9 Å². The molecule has 112 valence electrons. The van der Waals surface area contributed by atoms with E-state index in [9.17, 15) is 0 Å². The number of benzene rings is 1. The topological polar surface area (TPSA) is 35.0 Å². The lowest BCUT2D eigenvalue weighted by Gasteiger charge is -2.12. The third-order valence-corrected chi connectivity index (χ3v) is 4.60. The van der Waals surface area contributed by atoms with E-state index in [0.29, 0.717) is 23.5 Å². The van der Waals surface area contributed by atoms with Crippen LogP contribution in [0.2, 0.25) is 5.15 Å². The molecule has 21 heavy (non-hydrogen) atoms. The predicted octanol–water partition coefficient (Wildman–Crippen LogP) is 5.31. The standard InChI is InChI=1S/C16H18ClIN2O/c1-4-8-21-12-7-5-6-11(9-12)16-19-14(10(2)3)13(18)15(17)20-16/h5-7,9-10H,4,8H2,1-3H3. The minimum absolute atomic E-state index is 0.302. The zero-order chi connectivity index (χ0) is 15.4. The Kier molecular flexibility index (Phi) is 5.81. The van der Waals surface area contributed by atoms with Crippen LogP contribution in [0.25, 0.3) is 11.4 Å². The van der Waals surface area contributed by atoms with Gasteiger partial charge in [-0.15, -0.1) is 0 Å². The van der Waals surface area contributed by atoms with Gasteiger partial charge in [-0.05, 0) is 47.1 Å². The molecule has 2 aromatic rings. The second-order valence-corrected chi connectivity index (χ2v) is 6.51. The summed E-state index contributed by atoms with van der Waals surface area (Å²) < 4.78 is 6.58. The van der Waals surface area contributed by atoms with Gasteiger partial charge in [0.1, 0.15) is 10.9 Å². The first-order valence-corrected chi connectivity index (χ1v) is 8.44.